The molecule has 0 atom stereocenters. The third-order valence-electron chi connectivity index (χ3n) is 1.84. The van der Waals surface area contributed by atoms with Gasteiger partial charge in [0.05, 0.1) is 4.90 Å². The van der Waals surface area contributed by atoms with E-state index in [4.69, 9.17) is 5.73 Å². The lowest BCUT2D eigenvalue weighted by atomic mass is 10.2. The van der Waals surface area contributed by atoms with Gasteiger partial charge in [-0.1, -0.05) is 13.0 Å². The zero-order valence-corrected chi connectivity index (χ0v) is 9.06. The monoisotopic (exact) mass is 214 g/mol. The second-order valence-corrected chi connectivity index (χ2v) is 4.76. The summed E-state index contributed by atoms with van der Waals surface area (Å²) in [5.74, 6) is 0. The van der Waals surface area contributed by atoms with Crippen LogP contribution in [-0.4, -0.2) is 15.0 Å². The molecule has 0 spiro atoms. The average molecular weight is 214 g/mol. The van der Waals surface area contributed by atoms with Crippen LogP contribution in [0.5, 0.6) is 0 Å². The van der Waals surface area contributed by atoms with Crippen molar-refractivity contribution in [3.63, 3.8) is 0 Å². The van der Waals surface area contributed by atoms with Crippen LogP contribution in [0.4, 0.5) is 5.69 Å². The van der Waals surface area contributed by atoms with E-state index < -0.39 is 10.0 Å². The van der Waals surface area contributed by atoms with E-state index in [1.165, 1.54) is 6.07 Å². The number of hydrogen-bond donors (Lipinski definition) is 2. The van der Waals surface area contributed by atoms with Gasteiger partial charge in [-0.3, -0.25) is 0 Å². The second-order valence-electron chi connectivity index (χ2n) is 3.03. The first kappa shape index (κ1) is 11.0. The van der Waals surface area contributed by atoms with Crippen LogP contribution >= 0.6 is 0 Å². The normalized spacial score (nSPS) is 11.6. The summed E-state index contributed by atoms with van der Waals surface area (Å²) in [6, 6.07) is 4.84. The van der Waals surface area contributed by atoms with E-state index in [1.807, 2.05) is 0 Å². The lowest BCUT2D eigenvalue weighted by Crippen LogP contribution is -2.24. The van der Waals surface area contributed by atoms with Crippen molar-refractivity contribution in [3.8, 4) is 0 Å². The summed E-state index contributed by atoms with van der Waals surface area (Å²) in [5, 5.41) is 0. The molecule has 0 aliphatic heterocycles. The van der Waals surface area contributed by atoms with Gasteiger partial charge in [0.1, 0.15) is 0 Å². The van der Waals surface area contributed by atoms with E-state index in [1.54, 1.807) is 26.0 Å². The molecule has 0 radical (unpaired) electrons. The summed E-state index contributed by atoms with van der Waals surface area (Å²) in [4.78, 5) is 0.249. The molecule has 0 aliphatic rings. The largest absolute Gasteiger partial charge is 0.399 e. The summed E-state index contributed by atoms with van der Waals surface area (Å²) in [6.07, 6.45) is 0. The maximum absolute atomic E-state index is 11.6. The van der Waals surface area contributed by atoms with Crippen molar-refractivity contribution in [2.24, 2.45) is 0 Å². The van der Waals surface area contributed by atoms with Crippen LogP contribution in [0.1, 0.15) is 12.5 Å². The number of anilines is 1. The van der Waals surface area contributed by atoms with Crippen LogP contribution in [0, 0.1) is 6.92 Å². The topological polar surface area (TPSA) is 72.2 Å². The predicted molar refractivity (Wildman–Crippen MR) is 56.5 cm³/mol. The Labute approximate surface area is 84.2 Å². The number of hydrogen-bond acceptors (Lipinski definition) is 3. The number of aryl methyl sites for hydroxylation is 1. The van der Waals surface area contributed by atoms with Gasteiger partial charge in [-0.25, -0.2) is 13.1 Å². The number of nitrogens with two attached hydrogens (primary N) is 1. The minimum atomic E-state index is -3.39. The lowest BCUT2D eigenvalue weighted by molar-refractivity contribution is 0.583. The maximum atomic E-state index is 11.6. The van der Waals surface area contributed by atoms with Gasteiger partial charge in [0.2, 0.25) is 10.0 Å². The number of sulfonamides is 1. The molecule has 5 heteroatoms. The van der Waals surface area contributed by atoms with Crippen molar-refractivity contribution in [1.29, 1.82) is 0 Å². The van der Waals surface area contributed by atoms with Gasteiger partial charge in [-0.2, -0.15) is 0 Å². The van der Waals surface area contributed by atoms with Crippen LogP contribution in [-0.2, 0) is 10.0 Å². The van der Waals surface area contributed by atoms with Crippen LogP contribution in [0.15, 0.2) is 23.1 Å². The highest BCUT2D eigenvalue weighted by Crippen LogP contribution is 2.17. The van der Waals surface area contributed by atoms with Crippen LogP contribution in [0.2, 0.25) is 0 Å². The standard InChI is InChI=1S/C9H14N2O2S/c1-3-11-14(12,13)9-6-8(10)5-4-7(9)2/h4-6,11H,3,10H2,1-2H3. The van der Waals surface area contributed by atoms with E-state index in [-0.39, 0.29) is 4.90 Å². The zero-order chi connectivity index (χ0) is 10.8. The first-order chi connectivity index (χ1) is 6.47. The molecular formula is C9H14N2O2S. The first-order valence-electron chi connectivity index (χ1n) is 4.33. The summed E-state index contributed by atoms with van der Waals surface area (Å²) in [7, 11) is -3.39. The van der Waals surface area contributed by atoms with Gasteiger partial charge >= 0.3 is 0 Å². The van der Waals surface area contributed by atoms with Gasteiger partial charge < -0.3 is 5.73 Å². The Bertz CT molecular complexity index is 426. The molecule has 78 valence electrons. The fourth-order valence-corrected chi connectivity index (χ4v) is 2.49. The minimum Gasteiger partial charge on any atom is -0.399 e. The predicted octanol–water partition coefficient (Wildman–Crippen LogP) is 0.875. The Kier molecular flexibility index (Phi) is 3.13. The van der Waals surface area contributed by atoms with Crippen molar-refractivity contribution in [2.45, 2.75) is 18.7 Å². The average Bonchev–Trinajstić information content (AvgIpc) is 2.09. The number of nitrogens with one attached hydrogen (secondary N) is 1. The molecule has 0 aromatic heterocycles. The van der Waals surface area contributed by atoms with Gasteiger partial charge in [-0.05, 0) is 24.6 Å². The SMILES string of the molecule is CCNS(=O)(=O)c1cc(N)ccc1C. The summed E-state index contributed by atoms with van der Waals surface area (Å²) in [6.45, 7) is 3.85. The quantitative estimate of drug-likeness (QED) is 0.733. The fraction of sp³-hybridized carbons (Fsp3) is 0.333. The molecule has 0 saturated carbocycles. The van der Waals surface area contributed by atoms with E-state index in [0.717, 1.165) is 0 Å². The van der Waals surface area contributed by atoms with Gasteiger partial charge in [0.25, 0.3) is 0 Å². The van der Waals surface area contributed by atoms with E-state index in [0.29, 0.717) is 17.8 Å². The van der Waals surface area contributed by atoms with Crippen molar-refractivity contribution < 1.29 is 8.42 Å². The van der Waals surface area contributed by atoms with E-state index in [2.05, 4.69) is 4.72 Å². The molecule has 1 aromatic carbocycles. The van der Waals surface area contributed by atoms with Gasteiger partial charge in [0, 0.05) is 12.2 Å². The molecule has 3 N–H and O–H groups in total. The van der Waals surface area contributed by atoms with Crippen molar-refractivity contribution in [3.05, 3.63) is 23.8 Å². The lowest BCUT2D eigenvalue weighted by Gasteiger charge is -2.08. The maximum Gasteiger partial charge on any atom is 0.240 e. The molecule has 1 aromatic rings. The highest BCUT2D eigenvalue weighted by atomic mass is 32.2. The number of benzene rings is 1. The first-order valence-corrected chi connectivity index (χ1v) is 5.81. The number of rotatable bonds is 3. The molecule has 0 saturated heterocycles. The Morgan fingerprint density at radius 3 is 2.64 bits per heavy atom. The minimum absolute atomic E-state index is 0.249. The Morgan fingerprint density at radius 2 is 2.07 bits per heavy atom. The molecule has 4 nitrogen and oxygen atoms in total. The Morgan fingerprint density at radius 1 is 1.43 bits per heavy atom. The molecule has 1 rings (SSSR count). The molecule has 0 unspecified atom stereocenters. The highest BCUT2D eigenvalue weighted by Gasteiger charge is 2.15. The smallest absolute Gasteiger partial charge is 0.240 e. The summed E-state index contributed by atoms with van der Waals surface area (Å²) >= 11 is 0. The summed E-state index contributed by atoms with van der Waals surface area (Å²) < 4.78 is 25.7. The Hall–Kier alpha value is -1.07. The molecule has 14 heavy (non-hydrogen) atoms. The van der Waals surface area contributed by atoms with Gasteiger partial charge in [0.15, 0.2) is 0 Å². The number of nitrogen functional groups attached to an aromatic ring is 1. The third-order valence-corrected chi connectivity index (χ3v) is 3.52. The van der Waals surface area contributed by atoms with Crippen molar-refractivity contribution in [1.82, 2.24) is 4.72 Å². The fourth-order valence-electron chi connectivity index (χ4n) is 1.17. The van der Waals surface area contributed by atoms with Crippen molar-refractivity contribution >= 4 is 15.7 Å². The van der Waals surface area contributed by atoms with Crippen molar-refractivity contribution in [2.75, 3.05) is 12.3 Å². The van der Waals surface area contributed by atoms with E-state index in [9.17, 15) is 8.42 Å². The Balaban J connectivity index is 3.25. The van der Waals surface area contributed by atoms with Crippen LogP contribution < -0.4 is 10.5 Å². The summed E-state index contributed by atoms with van der Waals surface area (Å²) in [5.41, 5.74) is 6.67. The third kappa shape index (κ3) is 2.24. The molecular weight excluding hydrogens is 200 g/mol. The molecule has 0 aliphatic carbocycles. The molecule has 0 heterocycles. The van der Waals surface area contributed by atoms with Gasteiger partial charge in [-0.15, -0.1) is 0 Å². The highest BCUT2D eigenvalue weighted by molar-refractivity contribution is 7.89. The molecule has 0 bridgehead atoms. The molecule has 0 amide bonds. The van der Waals surface area contributed by atoms with Crippen LogP contribution in [0.25, 0.3) is 0 Å². The van der Waals surface area contributed by atoms with E-state index >= 15 is 0 Å². The second kappa shape index (κ2) is 3.98. The zero-order valence-electron chi connectivity index (χ0n) is 8.24. The molecule has 0 fully saturated rings. The van der Waals surface area contributed by atoms with Crippen LogP contribution in [0.3, 0.4) is 0 Å².